The molecule has 84 valence electrons. The van der Waals surface area contributed by atoms with Gasteiger partial charge in [-0.2, -0.15) is 0 Å². The van der Waals surface area contributed by atoms with Crippen molar-refractivity contribution in [3.8, 4) is 10.6 Å². The SMILES string of the molecule is Cc1nc(C)c(-c2csc(CC(=O)O)n2)s1. The first kappa shape index (κ1) is 11.2. The van der Waals surface area contributed by atoms with Crippen LogP contribution in [0.2, 0.25) is 0 Å². The van der Waals surface area contributed by atoms with E-state index in [4.69, 9.17) is 5.11 Å². The van der Waals surface area contributed by atoms with Crippen LogP contribution in [-0.4, -0.2) is 21.0 Å². The van der Waals surface area contributed by atoms with Crippen LogP contribution in [0.4, 0.5) is 0 Å². The van der Waals surface area contributed by atoms with Crippen molar-refractivity contribution in [1.29, 1.82) is 0 Å². The summed E-state index contributed by atoms with van der Waals surface area (Å²) in [5, 5.41) is 12.2. The van der Waals surface area contributed by atoms with E-state index >= 15 is 0 Å². The average Bonchev–Trinajstić information content (AvgIpc) is 2.72. The lowest BCUT2D eigenvalue weighted by Crippen LogP contribution is -1.99. The predicted molar refractivity (Wildman–Crippen MR) is 64.0 cm³/mol. The summed E-state index contributed by atoms with van der Waals surface area (Å²) in [7, 11) is 0. The standard InChI is InChI=1S/C10H10N2O2S2/c1-5-10(16-6(2)11-5)7-4-15-8(12-7)3-9(13)14/h4H,3H2,1-2H3,(H,13,14). The Morgan fingerprint density at radius 1 is 1.44 bits per heavy atom. The highest BCUT2D eigenvalue weighted by atomic mass is 32.1. The van der Waals surface area contributed by atoms with Gasteiger partial charge in [0.2, 0.25) is 0 Å². The number of aryl methyl sites for hydroxylation is 2. The summed E-state index contributed by atoms with van der Waals surface area (Å²) in [6.07, 6.45) is -0.0124. The molecule has 0 fully saturated rings. The number of aromatic nitrogens is 2. The van der Waals surface area contributed by atoms with E-state index in [1.165, 1.54) is 11.3 Å². The van der Waals surface area contributed by atoms with Crippen LogP contribution in [0.25, 0.3) is 10.6 Å². The molecule has 2 rings (SSSR count). The first-order chi connectivity index (χ1) is 7.56. The molecule has 0 amide bonds. The molecule has 4 nitrogen and oxygen atoms in total. The fourth-order valence-corrected chi connectivity index (χ4v) is 3.13. The Labute approximate surface area is 101 Å². The maximum absolute atomic E-state index is 10.5. The molecular formula is C10H10N2O2S2. The third-order valence-electron chi connectivity index (χ3n) is 1.99. The highest BCUT2D eigenvalue weighted by Crippen LogP contribution is 2.30. The van der Waals surface area contributed by atoms with Crippen LogP contribution < -0.4 is 0 Å². The Morgan fingerprint density at radius 3 is 2.75 bits per heavy atom. The van der Waals surface area contributed by atoms with E-state index in [1.807, 2.05) is 19.2 Å². The summed E-state index contributed by atoms with van der Waals surface area (Å²) in [4.78, 5) is 20.2. The van der Waals surface area contributed by atoms with Crippen molar-refractivity contribution in [3.05, 3.63) is 21.1 Å². The summed E-state index contributed by atoms with van der Waals surface area (Å²) in [5.41, 5.74) is 1.79. The monoisotopic (exact) mass is 254 g/mol. The number of hydrogen-bond donors (Lipinski definition) is 1. The summed E-state index contributed by atoms with van der Waals surface area (Å²) in [6.45, 7) is 3.89. The van der Waals surface area contributed by atoms with Crippen molar-refractivity contribution in [2.24, 2.45) is 0 Å². The van der Waals surface area contributed by atoms with Crippen molar-refractivity contribution < 1.29 is 9.90 Å². The van der Waals surface area contributed by atoms with E-state index in [2.05, 4.69) is 9.97 Å². The number of carboxylic acids is 1. The molecule has 16 heavy (non-hydrogen) atoms. The van der Waals surface area contributed by atoms with Gasteiger partial charge in [-0.05, 0) is 13.8 Å². The molecule has 0 unspecified atom stereocenters. The normalized spacial score (nSPS) is 10.6. The van der Waals surface area contributed by atoms with E-state index in [0.717, 1.165) is 21.3 Å². The quantitative estimate of drug-likeness (QED) is 0.914. The van der Waals surface area contributed by atoms with Crippen LogP contribution in [0.5, 0.6) is 0 Å². The Hall–Kier alpha value is -1.27. The number of rotatable bonds is 3. The van der Waals surface area contributed by atoms with Gasteiger partial charge in [0.05, 0.1) is 27.7 Å². The third kappa shape index (κ3) is 2.28. The van der Waals surface area contributed by atoms with Gasteiger partial charge in [0.1, 0.15) is 5.01 Å². The Balaban J connectivity index is 2.31. The smallest absolute Gasteiger partial charge is 0.310 e. The zero-order valence-corrected chi connectivity index (χ0v) is 10.5. The van der Waals surface area contributed by atoms with Crippen LogP contribution in [0.15, 0.2) is 5.38 Å². The number of hydrogen-bond acceptors (Lipinski definition) is 5. The maximum atomic E-state index is 10.5. The zero-order chi connectivity index (χ0) is 11.7. The van der Waals surface area contributed by atoms with E-state index in [-0.39, 0.29) is 6.42 Å². The number of thiazole rings is 2. The Morgan fingerprint density at radius 2 is 2.19 bits per heavy atom. The van der Waals surface area contributed by atoms with Crippen molar-refractivity contribution in [2.75, 3.05) is 0 Å². The van der Waals surface area contributed by atoms with E-state index < -0.39 is 5.97 Å². The Kier molecular flexibility index (Phi) is 3.02. The highest BCUT2D eigenvalue weighted by molar-refractivity contribution is 7.16. The van der Waals surface area contributed by atoms with Gasteiger partial charge in [-0.25, -0.2) is 9.97 Å². The lowest BCUT2D eigenvalue weighted by atomic mass is 10.3. The molecule has 2 heterocycles. The van der Waals surface area contributed by atoms with Gasteiger partial charge in [0, 0.05) is 5.38 Å². The fraction of sp³-hybridized carbons (Fsp3) is 0.300. The number of carbonyl (C=O) groups is 1. The molecule has 1 N–H and O–H groups in total. The first-order valence-corrected chi connectivity index (χ1v) is 6.36. The molecule has 0 bridgehead atoms. The molecule has 0 aromatic carbocycles. The van der Waals surface area contributed by atoms with Gasteiger partial charge in [0.15, 0.2) is 0 Å². The van der Waals surface area contributed by atoms with Crippen LogP contribution in [0.1, 0.15) is 15.7 Å². The minimum absolute atomic E-state index is 0.0124. The number of nitrogens with zero attached hydrogens (tertiary/aromatic N) is 2. The second-order valence-electron chi connectivity index (χ2n) is 3.34. The molecule has 0 saturated carbocycles. The third-order valence-corrected chi connectivity index (χ3v) is 3.93. The second-order valence-corrected chi connectivity index (χ2v) is 5.49. The topological polar surface area (TPSA) is 63.1 Å². The van der Waals surface area contributed by atoms with E-state index in [0.29, 0.717) is 5.01 Å². The maximum Gasteiger partial charge on any atom is 0.310 e. The second kappa shape index (κ2) is 4.31. The molecule has 0 atom stereocenters. The van der Waals surface area contributed by atoms with E-state index in [9.17, 15) is 4.79 Å². The predicted octanol–water partition coefficient (Wildman–Crippen LogP) is 2.51. The van der Waals surface area contributed by atoms with Gasteiger partial charge in [-0.1, -0.05) is 0 Å². The summed E-state index contributed by atoms with van der Waals surface area (Å²) in [6, 6.07) is 0. The molecule has 0 aliphatic heterocycles. The van der Waals surface area contributed by atoms with Gasteiger partial charge in [0.25, 0.3) is 0 Å². The fourth-order valence-electron chi connectivity index (χ4n) is 1.39. The average molecular weight is 254 g/mol. The lowest BCUT2D eigenvalue weighted by molar-refractivity contribution is -0.136. The van der Waals surface area contributed by atoms with Gasteiger partial charge in [-0.15, -0.1) is 22.7 Å². The van der Waals surface area contributed by atoms with Crippen LogP contribution >= 0.6 is 22.7 Å². The number of carboxylic acid groups (broad SMARTS) is 1. The zero-order valence-electron chi connectivity index (χ0n) is 8.85. The van der Waals surface area contributed by atoms with Gasteiger partial charge < -0.3 is 5.11 Å². The van der Waals surface area contributed by atoms with Gasteiger partial charge in [-0.3, -0.25) is 4.79 Å². The molecule has 2 aromatic rings. The molecule has 2 aromatic heterocycles. The molecule has 0 radical (unpaired) electrons. The van der Waals surface area contributed by atoms with Crippen molar-refractivity contribution in [1.82, 2.24) is 9.97 Å². The summed E-state index contributed by atoms with van der Waals surface area (Å²) >= 11 is 2.96. The van der Waals surface area contributed by atoms with Crippen molar-refractivity contribution in [3.63, 3.8) is 0 Å². The van der Waals surface area contributed by atoms with Crippen molar-refractivity contribution in [2.45, 2.75) is 20.3 Å². The Bertz CT molecular complexity index is 531. The first-order valence-electron chi connectivity index (χ1n) is 4.67. The molecule has 0 aliphatic rings. The minimum Gasteiger partial charge on any atom is -0.481 e. The van der Waals surface area contributed by atoms with E-state index in [1.54, 1.807) is 11.3 Å². The molecule has 6 heteroatoms. The molecule has 0 saturated heterocycles. The molecule has 0 spiro atoms. The largest absolute Gasteiger partial charge is 0.481 e. The molecular weight excluding hydrogens is 244 g/mol. The van der Waals surface area contributed by atoms with Crippen LogP contribution in [0, 0.1) is 13.8 Å². The summed E-state index contributed by atoms with van der Waals surface area (Å²) in [5.74, 6) is -0.849. The number of aliphatic carboxylic acids is 1. The van der Waals surface area contributed by atoms with Crippen molar-refractivity contribution >= 4 is 28.6 Å². The van der Waals surface area contributed by atoms with Crippen LogP contribution in [-0.2, 0) is 11.2 Å². The van der Waals surface area contributed by atoms with Gasteiger partial charge >= 0.3 is 5.97 Å². The summed E-state index contributed by atoms with van der Waals surface area (Å²) < 4.78 is 0. The lowest BCUT2D eigenvalue weighted by Gasteiger charge is -1.91. The molecule has 0 aliphatic carbocycles. The minimum atomic E-state index is -0.849. The van der Waals surface area contributed by atoms with Crippen LogP contribution in [0.3, 0.4) is 0 Å². The highest BCUT2D eigenvalue weighted by Gasteiger charge is 2.12.